The fraction of sp³-hybridized carbons (Fsp3) is 0.632. The summed E-state index contributed by atoms with van der Waals surface area (Å²) in [5, 5.41) is 13.6. The van der Waals surface area contributed by atoms with E-state index in [1.807, 2.05) is 19.1 Å². The molecular formula is C19H28ClNO2. The van der Waals surface area contributed by atoms with Crippen molar-refractivity contribution in [2.24, 2.45) is 5.92 Å². The lowest BCUT2D eigenvalue weighted by Gasteiger charge is -2.50. The Hall–Kier alpha value is -1.06. The first-order chi connectivity index (χ1) is 10.9. The second-order valence-electron chi connectivity index (χ2n) is 7.16. The molecule has 0 aromatic heterocycles. The van der Waals surface area contributed by atoms with Crippen molar-refractivity contribution >= 4 is 17.6 Å². The lowest BCUT2D eigenvalue weighted by atomic mass is 9.58. The average molecular weight is 338 g/mol. The fourth-order valence-electron chi connectivity index (χ4n) is 3.71. The number of carboxylic acid groups (broad SMARTS) is 1. The first-order valence-electron chi connectivity index (χ1n) is 8.64. The Balaban J connectivity index is 2.30. The maximum Gasteiger partial charge on any atom is 0.320 e. The second kappa shape index (κ2) is 7.67. The van der Waals surface area contributed by atoms with Crippen LogP contribution in [0.2, 0.25) is 5.02 Å². The quantitative estimate of drug-likeness (QED) is 0.727. The zero-order valence-corrected chi connectivity index (χ0v) is 15.1. The molecule has 0 aliphatic heterocycles. The van der Waals surface area contributed by atoms with Crippen LogP contribution in [0.15, 0.2) is 24.3 Å². The molecule has 0 bridgehead atoms. The third-order valence-electron chi connectivity index (χ3n) is 5.15. The first kappa shape index (κ1) is 18.3. The molecule has 2 unspecified atom stereocenters. The van der Waals surface area contributed by atoms with Crippen LogP contribution in [-0.2, 0) is 10.2 Å². The first-order valence-corrected chi connectivity index (χ1v) is 9.01. The molecule has 0 amide bonds. The lowest BCUT2D eigenvalue weighted by molar-refractivity contribution is -0.140. The van der Waals surface area contributed by atoms with E-state index in [-0.39, 0.29) is 11.5 Å². The third-order valence-corrected chi connectivity index (χ3v) is 5.40. The van der Waals surface area contributed by atoms with Crippen molar-refractivity contribution in [2.75, 3.05) is 0 Å². The number of aliphatic carboxylic acids is 1. The van der Waals surface area contributed by atoms with E-state index in [4.69, 9.17) is 11.6 Å². The van der Waals surface area contributed by atoms with Gasteiger partial charge >= 0.3 is 5.97 Å². The third kappa shape index (κ3) is 4.07. The van der Waals surface area contributed by atoms with Gasteiger partial charge in [-0.2, -0.15) is 0 Å². The maximum absolute atomic E-state index is 11.5. The van der Waals surface area contributed by atoms with Crippen LogP contribution in [0.3, 0.4) is 0 Å². The van der Waals surface area contributed by atoms with Gasteiger partial charge in [-0.05, 0) is 49.3 Å². The van der Waals surface area contributed by atoms with E-state index >= 15 is 0 Å². The summed E-state index contributed by atoms with van der Waals surface area (Å²) in [5.74, 6) is -0.240. The highest BCUT2D eigenvalue weighted by Gasteiger charge is 2.46. The summed E-state index contributed by atoms with van der Waals surface area (Å²) in [6.07, 6.45) is 4.99. The predicted octanol–water partition coefficient (Wildman–Crippen LogP) is 4.63. The van der Waals surface area contributed by atoms with E-state index in [1.165, 1.54) is 12.0 Å². The number of carbonyl (C=O) groups is 1. The van der Waals surface area contributed by atoms with Crippen LogP contribution in [0, 0.1) is 5.92 Å². The van der Waals surface area contributed by atoms with Crippen LogP contribution >= 0.6 is 11.6 Å². The normalized spacial score (nSPS) is 19.2. The molecule has 1 saturated carbocycles. The summed E-state index contributed by atoms with van der Waals surface area (Å²) in [7, 11) is 0. The molecule has 23 heavy (non-hydrogen) atoms. The van der Waals surface area contributed by atoms with Crippen molar-refractivity contribution in [2.45, 2.75) is 70.4 Å². The number of nitrogens with one attached hydrogen (secondary N) is 1. The molecule has 1 fully saturated rings. The SMILES string of the molecule is CCC(NC(CC(C)C)C1(c2ccc(Cl)cc2)CCC1)C(=O)O. The van der Waals surface area contributed by atoms with Gasteiger partial charge in [0.15, 0.2) is 0 Å². The van der Waals surface area contributed by atoms with Gasteiger partial charge in [0, 0.05) is 16.5 Å². The fourth-order valence-corrected chi connectivity index (χ4v) is 3.83. The van der Waals surface area contributed by atoms with Gasteiger partial charge < -0.3 is 10.4 Å². The summed E-state index contributed by atoms with van der Waals surface area (Å²) < 4.78 is 0. The van der Waals surface area contributed by atoms with Crippen LogP contribution in [0.25, 0.3) is 0 Å². The van der Waals surface area contributed by atoms with Crippen molar-refractivity contribution in [1.29, 1.82) is 0 Å². The van der Waals surface area contributed by atoms with Crippen LogP contribution < -0.4 is 5.32 Å². The van der Waals surface area contributed by atoms with E-state index in [9.17, 15) is 9.90 Å². The Morgan fingerprint density at radius 1 is 1.30 bits per heavy atom. The van der Waals surface area contributed by atoms with Gasteiger partial charge in [0.25, 0.3) is 0 Å². The van der Waals surface area contributed by atoms with Crippen molar-refractivity contribution in [3.05, 3.63) is 34.9 Å². The Bertz CT molecular complexity index is 523. The summed E-state index contributed by atoms with van der Waals surface area (Å²) >= 11 is 6.04. The zero-order valence-electron chi connectivity index (χ0n) is 14.3. The molecule has 2 N–H and O–H groups in total. The summed E-state index contributed by atoms with van der Waals surface area (Å²) in [6, 6.07) is 7.80. The molecule has 1 aliphatic carbocycles. The minimum absolute atomic E-state index is 0.0394. The Morgan fingerprint density at radius 3 is 2.30 bits per heavy atom. The molecule has 128 valence electrons. The minimum Gasteiger partial charge on any atom is -0.480 e. The van der Waals surface area contributed by atoms with Crippen LogP contribution in [0.4, 0.5) is 0 Å². The van der Waals surface area contributed by atoms with E-state index in [2.05, 4.69) is 31.3 Å². The number of benzene rings is 1. The smallest absolute Gasteiger partial charge is 0.320 e. The molecule has 1 aromatic carbocycles. The Kier molecular flexibility index (Phi) is 6.10. The highest BCUT2D eigenvalue weighted by atomic mass is 35.5. The summed E-state index contributed by atoms with van der Waals surface area (Å²) in [5.41, 5.74) is 1.32. The van der Waals surface area contributed by atoms with Crippen LogP contribution in [0.1, 0.15) is 58.4 Å². The van der Waals surface area contributed by atoms with Crippen LogP contribution in [0.5, 0.6) is 0 Å². The standard InChI is InChI=1S/C19H28ClNO2/c1-4-16(18(22)23)21-17(12-13(2)3)19(10-5-11-19)14-6-8-15(20)9-7-14/h6-9,13,16-17,21H,4-5,10-12H2,1-3H3,(H,22,23). The number of hydrogen-bond acceptors (Lipinski definition) is 2. The van der Waals surface area contributed by atoms with Crippen LogP contribution in [-0.4, -0.2) is 23.2 Å². The molecule has 0 spiro atoms. The number of rotatable bonds is 8. The van der Waals surface area contributed by atoms with Gasteiger partial charge in [-0.1, -0.05) is 50.9 Å². The Labute approximate surface area is 144 Å². The molecule has 0 radical (unpaired) electrons. The zero-order chi connectivity index (χ0) is 17.0. The van der Waals surface area contributed by atoms with Gasteiger partial charge in [-0.25, -0.2) is 0 Å². The molecule has 1 aromatic rings. The van der Waals surface area contributed by atoms with Crippen molar-refractivity contribution in [3.63, 3.8) is 0 Å². The lowest BCUT2D eigenvalue weighted by Crippen LogP contribution is -2.57. The predicted molar refractivity (Wildman–Crippen MR) is 95.1 cm³/mol. The van der Waals surface area contributed by atoms with E-state index in [0.29, 0.717) is 12.3 Å². The monoisotopic (exact) mass is 337 g/mol. The van der Waals surface area contributed by atoms with Gasteiger partial charge in [0.1, 0.15) is 6.04 Å². The van der Waals surface area contributed by atoms with Gasteiger partial charge in [-0.15, -0.1) is 0 Å². The highest BCUT2D eigenvalue weighted by molar-refractivity contribution is 6.30. The average Bonchev–Trinajstić information content (AvgIpc) is 2.44. The molecule has 1 aliphatic rings. The number of halogens is 1. The molecule has 2 rings (SSSR count). The molecule has 0 heterocycles. The topological polar surface area (TPSA) is 49.3 Å². The van der Waals surface area contributed by atoms with Crippen molar-refractivity contribution in [3.8, 4) is 0 Å². The van der Waals surface area contributed by atoms with E-state index in [0.717, 1.165) is 24.3 Å². The van der Waals surface area contributed by atoms with E-state index in [1.54, 1.807) is 0 Å². The number of hydrogen-bond donors (Lipinski definition) is 2. The largest absolute Gasteiger partial charge is 0.480 e. The molecule has 4 heteroatoms. The molecule has 2 atom stereocenters. The van der Waals surface area contributed by atoms with Gasteiger partial charge in [0.2, 0.25) is 0 Å². The van der Waals surface area contributed by atoms with Crippen molar-refractivity contribution in [1.82, 2.24) is 5.32 Å². The number of carboxylic acids is 1. The Morgan fingerprint density at radius 2 is 1.91 bits per heavy atom. The molecule has 3 nitrogen and oxygen atoms in total. The maximum atomic E-state index is 11.5. The highest BCUT2D eigenvalue weighted by Crippen LogP contribution is 2.48. The molecule has 0 saturated heterocycles. The van der Waals surface area contributed by atoms with Gasteiger partial charge in [0.05, 0.1) is 0 Å². The summed E-state index contributed by atoms with van der Waals surface area (Å²) in [4.78, 5) is 11.5. The van der Waals surface area contributed by atoms with Crippen molar-refractivity contribution < 1.29 is 9.90 Å². The second-order valence-corrected chi connectivity index (χ2v) is 7.60. The van der Waals surface area contributed by atoms with E-state index < -0.39 is 12.0 Å². The summed E-state index contributed by atoms with van der Waals surface area (Å²) in [6.45, 7) is 6.32. The molecular weight excluding hydrogens is 310 g/mol. The van der Waals surface area contributed by atoms with Gasteiger partial charge in [-0.3, -0.25) is 4.79 Å². The minimum atomic E-state index is -0.758.